The van der Waals surface area contributed by atoms with Gasteiger partial charge in [-0.3, -0.25) is 4.79 Å². The average molecular weight is 333 g/mol. The van der Waals surface area contributed by atoms with E-state index in [1.54, 1.807) is 14.0 Å². The summed E-state index contributed by atoms with van der Waals surface area (Å²) in [6.45, 7) is 2.27. The third kappa shape index (κ3) is 4.31. The average Bonchev–Trinajstić information content (AvgIpc) is 2.78. The van der Waals surface area contributed by atoms with Gasteiger partial charge in [-0.15, -0.1) is 13.2 Å². The van der Waals surface area contributed by atoms with Gasteiger partial charge in [0.25, 0.3) is 0 Å². The van der Waals surface area contributed by atoms with E-state index in [1.807, 2.05) is 0 Å². The van der Waals surface area contributed by atoms with Gasteiger partial charge in [0.05, 0.1) is 10.2 Å². The van der Waals surface area contributed by atoms with Crippen molar-refractivity contribution >= 4 is 32.6 Å². The quantitative estimate of drug-likeness (QED) is 0.883. The first-order chi connectivity index (χ1) is 10.3. The Balaban J connectivity index is 2.15. The van der Waals surface area contributed by atoms with Crippen LogP contribution >= 0.6 is 11.3 Å². The molecule has 5 nitrogen and oxygen atoms in total. The van der Waals surface area contributed by atoms with Gasteiger partial charge < -0.3 is 15.4 Å². The van der Waals surface area contributed by atoms with Gasteiger partial charge in [0.1, 0.15) is 5.75 Å². The van der Waals surface area contributed by atoms with Crippen LogP contribution in [0.1, 0.15) is 6.92 Å². The van der Waals surface area contributed by atoms with Crippen molar-refractivity contribution in [3.05, 3.63) is 18.2 Å². The van der Waals surface area contributed by atoms with E-state index in [1.165, 1.54) is 18.2 Å². The highest BCUT2D eigenvalue weighted by atomic mass is 32.1. The lowest BCUT2D eigenvalue weighted by atomic mass is 10.2. The molecule has 0 aliphatic carbocycles. The van der Waals surface area contributed by atoms with E-state index in [9.17, 15) is 18.0 Å². The Labute approximate surface area is 128 Å². The van der Waals surface area contributed by atoms with Crippen LogP contribution in [-0.4, -0.2) is 30.8 Å². The van der Waals surface area contributed by atoms with Crippen molar-refractivity contribution in [3.8, 4) is 5.75 Å². The summed E-state index contributed by atoms with van der Waals surface area (Å²) in [5.41, 5.74) is 0.496. The predicted octanol–water partition coefficient (Wildman–Crippen LogP) is 2.99. The van der Waals surface area contributed by atoms with Crippen molar-refractivity contribution in [1.29, 1.82) is 0 Å². The number of halogens is 3. The number of amides is 1. The SMILES string of the molecule is CNCC(C)C(=O)Nc1nc2ccc(OC(F)(F)F)cc2s1. The number of rotatable bonds is 5. The van der Waals surface area contributed by atoms with E-state index in [2.05, 4.69) is 20.4 Å². The van der Waals surface area contributed by atoms with Crippen molar-refractivity contribution in [2.75, 3.05) is 18.9 Å². The van der Waals surface area contributed by atoms with Crippen LogP contribution in [0.5, 0.6) is 5.75 Å². The fourth-order valence-corrected chi connectivity index (χ4v) is 2.68. The van der Waals surface area contributed by atoms with Crippen molar-refractivity contribution in [2.24, 2.45) is 5.92 Å². The van der Waals surface area contributed by atoms with Gasteiger partial charge in [-0.2, -0.15) is 0 Å². The summed E-state index contributed by atoms with van der Waals surface area (Å²) in [7, 11) is 1.74. The number of carbonyl (C=O) groups excluding carboxylic acids is 1. The summed E-state index contributed by atoms with van der Waals surface area (Å²) in [6, 6.07) is 3.84. The molecule has 0 fully saturated rings. The summed E-state index contributed by atoms with van der Waals surface area (Å²) in [5, 5.41) is 5.88. The molecule has 0 saturated carbocycles. The maximum Gasteiger partial charge on any atom is 0.573 e. The van der Waals surface area contributed by atoms with Crippen LogP contribution in [0.15, 0.2) is 18.2 Å². The standard InChI is InChI=1S/C13H14F3N3O2S/c1-7(6-17-2)11(20)19-12-18-9-4-3-8(5-10(9)22-12)21-13(14,15)16/h3-5,7,17H,6H2,1-2H3,(H,18,19,20). The number of nitrogens with one attached hydrogen (secondary N) is 2. The molecule has 1 aromatic carbocycles. The number of carbonyl (C=O) groups is 1. The smallest absolute Gasteiger partial charge is 0.406 e. The highest BCUT2D eigenvalue weighted by Crippen LogP contribution is 2.31. The number of ether oxygens (including phenoxy) is 1. The predicted molar refractivity (Wildman–Crippen MR) is 78.0 cm³/mol. The Morgan fingerprint density at radius 1 is 1.45 bits per heavy atom. The molecule has 0 aliphatic heterocycles. The van der Waals surface area contributed by atoms with Crippen LogP contribution < -0.4 is 15.4 Å². The second-order valence-electron chi connectivity index (χ2n) is 4.64. The molecule has 9 heteroatoms. The molecule has 1 atom stereocenters. The summed E-state index contributed by atoms with van der Waals surface area (Å²) in [5.74, 6) is -0.772. The molecule has 2 aromatic rings. The molecular weight excluding hydrogens is 319 g/mol. The Kier molecular flexibility index (Phi) is 4.87. The second-order valence-corrected chi connectivity index (χ2v) is 5.67. The fraction of sp³-hybridized carbons (Fsp3) is 0.385. The zero-order valence-electron chi connectivity index (χ0n) is 11.8. The summed E-state index contributed by atoms with van der Waals surface area (Å²) < 4.78 is 40.9. The first kappa shape index (κ1) is 16.5. The number of hydrogen-bond acceptors (Lipinski definition) is 5. The molecule has 0 bridgehead atoms. The number of alkyl halides is 3. The lowest BCUT2D eigenvalue weighted by molar-refractivity contribution is -0.274. The van der Waals surface area contributed by atoms with Gasteiger partial charge in [0.2, 0.25) is 5.91 Å². The molecule has 22 heavy (non-hydrogen) atoms. The zero-order valence-corrected chi connectivity index (χ0v) is 12.6. The van der Waals surface area contributed by atoms with Gasteiger partial charge in [0.15, 0.2) is 5.13 Å². The zero-order chi connectivity index (χ0) is 16.3. The third-order valence-electron chi connectivity index (χ3n) is 2.78. The molecule has 0 aliphatic rings. The van der Waals surface area contributed by atoms with Crippen LogP contribution in [0.3, 0.4) is 0 Å². The Hall–Kier alpha value is -1.87. The minimum Gasteiger partial charge on any atom is -0.406 e. The Morgan fingerprint density at radius 2 is 2.18 bits per heavy atom. The normalized spacial score (nSPS) is 13.1. The van der Waals surface area contributed by atoms with Crippen LogP contribution in [0.2, 0.25) is 0 Å². The highest BCUT2D eigenvalue weighted by molar-refractivity contribution is 7.22. The molecule has 2 rings (SSSR count). The van der Waals surface area contributed by atoms with E-state index in [0.29, 0.717) is 21.9 Å². The number of aromatic nitrogens is 1. The maximum absolute atomic E-state index is 12.2. The lowest BCUT2D eigenvalue weighted by Gasteiger charge is -2.08. The van der Waals surface area contributed by atoms with E-state index in [-0.39, 0.29) is 17.6 Å². The van der Waals surface area contributed by atoms with E-state index < -0.39 is 6.36 Å². The van der Waals surface area contributed by atoms with Crippen molar-refractivity contribution in [1.82, 2.24) is 10.3 Å². The molecule has 0 spiro atoms. The van der Waals surface area contributed by atoms with E-state index in [4.69, 9.17) is 0 Å². The second kappa shape index (κ2) is 6.49. The molecule has 1 aromatic heterocycles. The number of nitrogens with zero attached hydrogens (tertiary/aromatic N) is 1. The molecule has 1 amide bonds. The summed E-state index contributed by atoms with van der Waals surface area (Å²) in [4.78, 5) is 16.0. The van der Waals surface area contributed by atoms with Gasteiger partial charge in [-0.1, -0.05) is 18.3 Å². The van der Waals surface area contributed by atoms with Crippen LogP contribution in [0, 0.1) is 5.92 Å². The molecule has 1 unspecified atom stereocenters. The minimum atomic E-state index is -4.74. The molecular formula is C13H14F3N3O2S. The van der Waals surface area contributed by atoms with Gasteiger partial charge in [0, 0.05) is 18.5 Å². The number of anilines is 1. The minimum absolute atomic E-state index is 0.208. The van der Waals surface area contributed by atoms with Crippen molar-refractivity contribution in [3.63, 3.8) is 0 Å². The number of benzene rings is 1. The van der Waals surface area contributed by atoms with Crippen LogP contribution in [0.4, 0.5) is 18.3 Å². The third-order valence-corrected chi connectivity index (χ3v) is 3.72. The van der Waals surface area contributed by atoms with Crippen molar-refractivity contribution in [2.45, 2.75) is 13.3 Å². The monoisotopic (exact) mass is 333 g/mol. The maximum atomic E-state index is 12.2. The molecule has 2 N–H and O–H groups in total. The summed E-state index contributed by atoms with van der Waals surface area (Å²) >= 11 is 1.09. The Morgan fingerprint density at radius 3 is 2.82 bits per heavy atom. The highest BCUT2D eigenvalue weighted by Gasteiger charge is 2.31. The molecule has 0 radical (unpaired) electrons. The fourth-order valence-electron chi connectivity index (χ4n) is 1.78. The molecule has 1 heterocycles. The Bertz CT molecular complexity index is 672. The van der Waals surface area contributed by atoms with Gasteiger partial charge in [-0.25, -0.2) is 4.98 Å². The first-order valence-electron chi connectivity index (χ1n) is 6.40. The molecule has 0 saturated heterocycles. The largest absolute Gasteiger partial charge is 0.573 e. The summed E-state index contributed by atoms with van der Waals surface area (Å²) in [6.07, 6.45) is -4.74. The van der Waals surface area contributed by atoms with Crippen LogP contribution in [0.25, 0.3) is 10.2 Å². The first-order valence-corrected chi connectivity index (χ1v) is 7.22. The van der Waals surface area contributed by atoms with E-state index in [0.717, 1.165) is 11.3 Å². The number of fused-ring (bicyclic) bond motifs is 1. The van der Waals surface area contributed by atoms with Gasteiger partial charge in [-0.05, 0) is 19.2 Å². The van der Waals surface area contributed by atoms with E-state index >= 15 is 0 Å². The van der Waals surface area contributed by atoms with Gasteiger partial charge >= 0.3 is 6.36 Å². The lowest BCUT2D eigenvalue weighted by Crippen LogP contribution is -2.28. The molecule has 120 valence electrons. The topological polar surface area (TPSA) is 63.2 Å². The number of thiazole rings is 1. The number of hydrogen-bond donors (Lipinski definition) is 2. The van der Waals surface area contributed by atoms with Crippen LogP contribution in [-0.2, 0) is 4.79 Å². The van der Waals surface area contributed by atoms with Crippen molar-refractivity contribution < 1.29 is 22.7 Å².